The van der Waals surface area contributed by atoms with Crippen LogP contribution >= 0.6 is 23.2 Å². The summed E-state index contributed by atoms with van der Waals surface area (Å²) in [5, 5.41) is 4.97. The lowest BCUT2D eigenvalue weighted by molar-refractivity contribution is 0.432. The molecule has 6 heteroatoms. The van der Waals surface area contributed by atoms with Crippen molar-refractivity contribution in [1.29, 1.82) is 0 Å². The van der Waals surface area contributed by atoms with Gasteiger partial charge < -0.3 is 10.3 Å². The van der Waals surface area contributed by atoms with Gasteiger partial charge in [-0.1, -0.05) is 40.5 Å². The number of hydrogen-bond donors (Lipinski definition) is 1. The lowest BCUT2D eigenvalue weighted by Gasteiger charge is -1.99. The zero-order valence-corrected chi connectivity index (χ0v) is 11.7. The van der Waals surface area contributed by atoms with E-state index in [1.54, 1.807) is 24.3 Å². The number of aromatic nitrogens is 2. The maximum absolute atomic E-state index is 6.11. The fourth-order valence-corrected chi connectivity index (χ4v) is 2.21. The summed E-state index contributed by atoms with van der Waals surface area (Å²) in [6.45, 7) is 0. The van der Waals surface area contributed by atoms with Crippen LogP contribution in [0, 0.1) is 0 Å². The molecule has 0 aliphatic carbocycles. The van der Waals surface area contributed by atoms with E-state index in [2.05, 4.69) is 10.1 Å². The highest BCUT2D eigenvalue weighted by atomic mass is 35.5. The molecule has 0 fully saturated rings. The molecule has 0 atom stereocenters. The van der Waals surface area contributed by atoms with E-state index >= 15 is 0 Å². The average Bonchev–Trinajstić information content (AvgIpc) is 2.91. The van der Waals surface area contributed by atoms with Gasteiger partial charge in [-0.3, -0.25) is 0 Å². The smallest absolute Gasteiger partial charge is 0.259 e. The summed E-state index contributed by atoms with van der Waals surface area (Å²) in [5.74, 6) is 0.710. The molecule has 0 bridgehead atoms. The minimum Gasteiger partial charge on any atom is -0.399 e. The van der Waals surface area contributed by atoms with Crippen LogP contribution in [0.2, 0.25) is 10.0 Å². The number of benzene rings is 2. The fourth-order valence-electron chi connectivity index (χ4n) is 1.79. The van der Waals surface area contributed by atoms with E-state index in [0.29, 0.717) is 38.6 Å². The van der Waals surface area contributed by atoms with Crippen LogP contribution in [0.5, 0.6) is 0 Å². The van der Waals surface area contributed by atoms with Crippen LogP contribution in [0.1, 0.15) is 0 Å². The van der Waals surface area contributed by atoms with Crippen molar-refractivity contribution in [1.82, 2.24) is 10.1 Å². The van der Waals surface area contributed by atoms with Crippen molar-refractivity contribution in [3.8, 4) is 22.8 Å². The van der Waals surface area contributed by atoms with Crippen LogP contribution in [0.4, 0.5) is 5.69 Å². The van der Waals surface area contributed by atoms with E-state index in [-0.39, 0.29) is 0 Å². The molecule has 3 aromatic rings. The Morgan fingerprint density at radius 2 is 1.70 bits per heavy atom. The summed E-state index contributed by atoms with van der Waals surface area (Å²) >= 11 is 12.2. The highest BCUT2D eigenvalue weighted by Gasteiger charge is 2.15. The highest BCUT2D eigenvalue weighted by Crippen LogP contribution is 2.31. The Kier molecular flexibility index (Phi) is 3.34. The van der Waals surface area contributed by atoms with Crippen molar-refractivity contribution < 1.29 is 4.52 Å². The Morgan fingerprint density at radius 3 is 2.50 bits per heavy atom. The first kappa shape index (κ1) is 13.0. The summed E-state index contributed by atoms with van der Waals surface area (Å²) in [5.41, 5.74) is 7.60. The van der Waals surface area contributed by atoms with Crippen molar-refractivity contribution in [2.75, 3.05) is 5.73 Å². The standard InChI is InChI=1S/C14H9Cl2N3O/c15-11-4-2-1-3-9(11)13-18-14(20-19-13)10-7-8(17)5-6-12(10)16/h1-7H,17H2. The molecule has 2 N–H and O–H groups in total. The van der Waals surface area contributed by atoms with Crippen molar-refractivity contribution >= 4 is 28.9 Å². The first-order chi connectivity index (χ1) is 9.65. The van der Waals surface area contributed by atoms with Crippen LogP contribution in [0.15, 0.2) is 47.0 Å². The Morgan fingerprint density at radius 1 is 0.950 bits per heavy atom. The molecule has 0 saturated heterocycles. The van der Waals surface area contributed by atoms with Crippen LogP contribution in [-0.2, 0) is 0 Å². The van der Waals surface area contributed by atoms with Gasteiger partial charge in [0, 0.05) is 11.3 Å². The van der Waals surface area contributed by atoms with Gasteiger partial charge in [0.05, 0.1) is 15.6 Å². The minimum atomic E-state index is 0.303. The van der Waals surface area contributed by atoms with Gasteiger partial charge in [0.15, 0.2) is 0 Å². The second-order valence-corrected chi connectivity index (χ2v) is 4.96. The number of hydrogen-bond acceptors (Lipinski definition) is 4. The van der Waals surface area contributed by atoms with Crippen LogP contribution in [-0.4, -0.2) is 10.1 Å². The Hall–Kier alpha value is -2.04. The second kappa shape index (κ2) is 5.15. The molecular formula is C14H9Cl2N3O. The number of nitrogens with two attached hydrogens (primary N) is 1. The summed E-state index contributed by atoms with van der Waals surface area (Å²) in [6, 6.07) is 12.3. The predicted molar refractivity (Wildman–Crippen MR) is 79.6 cm³/mol. The molecule has 1 aromatic heterocycles. The van der Waals surface area contributed by atoms with Crippen molar-refractivity contribution in [3.63, 3.8) is 0 Å². The largest absolute Gasteiger partial charge is 0.399 e. The van der Waals surface area contributed by atoms with E-state index in [9.17, 15) is 0 Å². The molecule has 0 saturated carbocycles. The number of anilines is 1. The van der Waals surface area contributed by atoms with Crippen molar-refractivity contribution in [2.45, 2.75) is 0 Å². The maximum Gasteiger partial charge on any atom is 0.259 e. The van der Waals surface area contributed by atoms with Gasteiger partial charge >= 0.3 is 0 Å². The van der Waals surface area contributed by atoms with Crippen molar-refractivity contribution in [2.24, 2.45) is 0 Å². The Labute approximate surface area is 125 Å². The summed E-state index contributed by atoms with van der Waals surface area (Å²) < 4.78 is 5.24. The minimum absolute atomic E-state index is 0.303. The quantitative estimate of drug-likeness (QED) is 0.717. The third kappa shape index (κ3) is 2.35. The molecule has 0 unspecified atom stereocenters. The molecule has 0 aliphatic rings. The van der Waals surface area contributed by atoms with Crippen LogP contribution < -0.4 is 5.73 Å². The summed E-state index contributed by atoms with van der Waals surface area (Å²) in [4.78, 5) is 4.31. The summed E-state index contributed by atoms with van der Waals surface area (Å²) in [7, 11) is 0. The van der Waals surface area contributed by atoms with Crippen LogP contribution in [0.25, 0.3) is 22.8 Å². The zero-order valence-electron chi connectivity index (χ0n) is 10.2. The van der Waals surface area contributed by atoms with Gasteiger partial charge in [0.2, 0.25) is 5.82 Å². The third-order valence-corrected chi connectivity index (χ3v) is 3.42. The number of rotatable bonds is 2. The monoisotopic (exact) mass is 305 g/mol. The van der Waals surface area contributed by atoms with E-state index in [1.165, 1.54) is 0 Å². The molecular weight excluding hydrogens is 297 g/mol. The lowest BCUT2D eigenvalue weighted by atomic mass is 10.2. The highest BCUT2D eigenvalue weighted by molar-refractivity contribution is 6.33. The molecule has 0 radical (unpaired) electrons. The summed E-state index contributed by atoms with van der Waals surface area (Å²) in [6.07, 6.45) is 0. The first-order valence-corrected chi connectivity index (χ1v) is 6.55. The zero-order chi connectivity index (χ0) is 14.1. The molecule has 1 heterocycles. The SMILES string of the molecule is Nc1ccc(Cl)c(-c2nc(-c3ccccc3Cl)no2)c1. The predicted octanol–water partition coefficient (Wildman–Crippen LogP) is 4.29. The lowest BCUT2D eigenvalue weighted by Crippen LogP contribution is -1.87. The van der Waals surface area contributed by atoms with Crippen LogP contribution in [0.3, 0.4) is 0 Å². The average molecular weight is 306 g/mol. The molecule has 4 nitrogen and oxygen atoms in total. The molecule has 0 spiro atoms. The van der Waals surface area contributed by atoms with E-state index in [0.717, 1.165) is 0 Å². The maximum atomic E-state index is 6.11. The molecule has 2 aromatic carbocycles. The number of nitrogens with zero attached hydrogens (tertiary/aromatic N) is 2. The number of halogens is 2. The molecule has 100 valence electrons. The van der Waals surface area contributed by atoms with Crippen molar-refractivity contribution in [3.05, 3.63) is 52.5 Å². The van der Waals surface area contributed by atoms with E-state index in [4.69, 9.17) is 33.5 Å². The first-order valence-electron chi connectivity index (χ1n) is 5.79. The van der Waals surface area contributed by atoms with Gasteiger partial charge in [0.1, 0.15) is 0 Å². The van der Waals surface area contributed by atoms with E-state index in [1.807, 2.05) is 18.2 Å². The number of nitrogen functional groups attached to an aromatic ring is 1. The molecule has 0 amide bonds. The Balaban J connectivity index is 2.07. The van der Waals surface area contributed by atoms with E-state index < -0.39 is 0 Å². The topological polar surface area (TPSA) is 64.9 Å². The molecule has 0 aliphatic heterocycles. The fraction of sp³-hybridized carbons (Fsp3) is 0. The normalized spacial score (nSPS) is 10.7. The van der Waals surface area contributed by atoms with Gasteiger partial charge in [0.25, 0.3) is 5.89 Å². The Bertz CT molecular complexity index is 771. The van der Waals surface area contributed by atoms with Gasteiger partial charge in [-0.05, 0) is 30.3 Å². The molecule has 20 heavy (non-hydrogen) atoms. The second-order valence-electron chi connectivity index (χ2n) is 4.14. The van der Waals surface area contributed by atoms with Gasteiger partial charge in [-0.25, -0.2) is 0 Å². The van der Waals surface area contributed by atoms with Gasteiger partial charge in [-0.15, -0.1) is 0 Å². The third-order valence-electron chi connectivity index (χ3n) is 2.76. The van der Waals surface area contributed by atoms with Gasteiger partial charge in [-0.2, -0.15) is 4.98 Å². The molecule has 3 rings (SSSR count).